The highest BCUT2D eigenvalue weighted by Crippen LogP contribution is 2.50. The maximum atomic E-state index is 6.71. The van der Waals surface area contributed by atoms with E-state index < -0.39 is 0 Å². The van der Waals surface area contributed by atoms with Crippen molar-refractivity contribution in [3.8, 4) is 55.6 Å². The molecule has 16 rings (SSSR count). The van der Waals surface area contributed by atoms with Crippen LogP contribution in [0, 0.1) is 0 Å². The predicted molar refractivity (Wildman–Crippen MR) is 313 cm³/mol. The second-order valence-corrected chi connectivity index (χ2v) is 19.8. The molecule has 342 valence electrons. The fourth-order valence-electron chi connectivity index (χ4n) is 12.5. The minimum Gasteiger partial charge on any atom is -0.452 e. The molecule has 2 heteroatoms. The Hall–Kier alpha value is -9.76. The first kappa shape index (κ1) is 40.9. The summed E-state index contributed by atoms with van der Waals surface area (Å²) in [6.07, 6.45) is 0. The van der Waals surface area contributed by atoms with Gasteiger partial charge in [0.25, 0.3) is 0 Å². The number of fused-ring (bicyclic) bond motifs is 13. The molecule has 0 fully saturated rings. The lowest BCUT2D eigenvalue weighted by Crippen LogP contribution is -1.94. The summed E-state index contributed by atoms with van der Waals surface area (Å²) in [6.45, 7) is 0. The maximum Gasteiger partial charge on any atom is 0.178 e. The molecule has 0 aliphatic carbocycles. The third kappa shape index (κ3) is 6.12. The van der Waals surface area contributed by atoms with Crippen LogP contribution in [0.4, 0.5) is 0 Å². The molecule has 0 saturated carbocycles. The van der Waals surface area contributed by atoms with Gasteiger partial charge in [0.05, 0.1) is 0 Å². The van der Waals surface area contributed by atoms with Gasteiger partial charge in [-0.25, -0.2) is 0 Å². The van der Waals surface area contributed by atoms with Gasteiger partial charge in [-0.05, 0) is 181 Å². The summed E-state index contributed by atoms with van der Waals surface area (Å²) in [5, 5.41) is 18.9. The van der Waals surface area contributed by atoms with Crippen LogP contribution in [0.15, 0.2) is 264 Å². The molecular weight excluding hydrogens is 897 g/mol. The number of furan rings is 2. The highest BCUT2D eigenvalue weighted by Gasteiger charge is 2.23. The van der Waals surface area contributed by atoms with Crippen molar-refractivity contribution in [2.75, 3.05) is 0 Å². The molecule has 2 nitrogen and oxygen atoms in total. The fourth-order valence-corrected chi connectivity index (χ4v) is 12.5. The van der Waals surface area contributed by atoms with E-state index in [9.17, 15) is 0 Å². The van der Waals surface area contributed by atoms with Gasteiger partial charge in [-0.15, -0.1) is 0 Å². The minimum absolute atomic E-state index is 0.772. The highest BCUT2D eigenvalue weighted by molar-refractivity contribution is 6.25. The summed E-state index contributed by atoms with van der Waals surface area (Å²) in [4.78, 5) is 0. The van der Waals surface area contributed by atoms with E-state index in [1.165, 1.54) is 98.0 Å². The van der Waals surface area contributed by atoms with Crippen LogP contribution < -0.4 is 0 Å². The smallest absolute Gasteiger partial charge is 0.178 e. The molecule has 2 aromatic heterocycles. The van der Waals surface area contributed by atoms with E-state index in [0.717, 1.165) is 66.1 Å². The molecule has 0 atom stereocenters. The van der Waals surface area contributed by atoms with Crippen LogP contribution >= 0.6 is 0 Å². The first-order valence-electron chi connectivity index (χ1n) is 25.5. The molecule has 2 heterocycles. The molecule has 0 N–H and O–H groups in total. The van der Waals surface area contributed by atoms with E-state index in [0.29, 0.717) is 0 Å². The molecule has 0 unspecified atom stereocenters. The second-order valence-electron chi connectivity index (χ2n) is 19.8. The zero-order chi connectivity index (χ0) is 48.4. The Morgan fingerprint density at radius 2 is 0.514 bits per heavy atom. The number of hydrogen-bond acceptors (Lipinski definition) is 2. The van der Waals surface area contributed by atoms with Crippen molar-refractivity contribution in [1.29, 1.82) is 0 Å². The Labute approximate surface area is 425 Å². The van der Waals surface area contributed by atoms with Crippen molar-refractivity contribution in [2.24, 2.45) is 0 Å². The van der Waals surface area contributed by atoms with E-state index in [2.05, 4.69) is 243 Å². The fraction of sp³-hybridized carbons (Fsp3) is 0. The molecular formula is C72H42O2. The first-order valence-corrected chi connectivity index (χ1v) is 25.5. The van der Waals surface area contributed by atoms with Gasteiger partial charge in [-0.2, -0.15) is 0 Å². The van der Waals surface area contributed by atoms with Crippen molar-refractivity contribution < 1.29 is 8.83 Å². The summed E-state index contributed by atoms with van der Waals surface area (Å²) in [7, 11) is 0. The Kier molecular flexibility index (Phi) is 8.78. The minimum atomic E-state index is 0.772. The topological polar surface area (TPSA) is 26.3 Å². The SMILES string of the molecule is c1ccc2cc(-c3c4ccccc4c(-c4cc(-c5ccc6oc7c(ccc8c9ccccc9oc87)c6c5)cc(-c5c6ccccc6c(-c6ccc7ccccc7c6)c6ccccc56)c4)c4ccccc34)ccc2c1. The Balaban J connectivity index is 0.992. The van der Waals surface area contributed by atoms with Crippen LogP contribution in [0.1, 0.15) is 0 Å². The molecule has 0 radical (unpaired) electrons. The molecule has 0 spiro atoms. The van der Waals surface area contributed by atoms with Crippen LogP contribution in [-0.2, 0) is 0 Å². The Bertz CT molecular complexity index is 4690. The maximum absolute atomic E-state index is 6.71. The molecule has 0 amide bonds. The number of hydrogen-bond donors (Lipinski definition) is 0. The lowest BCUT2D eigenvalue weighted by Gasteiger charge is -2.21. The molecule has 14 aromatic carbocycles. The van der Waals surface area contributed by atoms with Crippen LogP contribution in [0.25, 0.3) is 164 Å². The van der Waals surface area contributed by atoms with E-state index in [-0.39, 0.29) is 0 Å². The summed E-state index contributed by atoms with van der Waals surface area (Å²) in [5.41, 5.74) is 15.1. The van der Waals surface area contributed by atoms with Gasteiger partial charge in [-0.3, -0.25) is 0 Å². The van der Waals surface area contributed by atoms with Gasteiger partial charge < -0.3 is 8.83 Å². The molecule has 0 aliphatic rings. The van der Waals surface area contributed by atoms with E-state index in [4.69, 9.17) is 8.83 Å². The van der Waals surface area contributed by atoms with E-state index in [1.54, 1.807) is 0 Å². The molecule has 0 aliphatic heterocycles. The van der Waals surface area contributed by atoms with Gasteiger partial charge in [0.15, 0.2) is 11.2 Å². The zero-order valence-corrected chi connectivity index (χ0v) is 40.1. The predicted octanol–water partition coefficient (Wildman–Crippen LogP) is 20.7. The third-order valence-corrected chi connectivity index (χ3v) is 15.8. The van der Waals surface area contributed by atoms with E-state index in [1.807, 2.05) is 12.1 Å². The van der Waals surface area contributed by atoms with Gasteiger partial charge in [0.2, 0.25) is 0 Å². The van der Waals surface area contributed by atoms with Gasteiger partial charge >= 0.3 is 0 Å². The van der Waals surface area contributed by atoms with Gasteiger partial charge in [0.1, 0.15) is 11.2 Å². The Morgan fingerprint density at radius 1 is 0.176 bits per heavy atom. The summed E-state index contributed by atoms with van der Waals surface area (Å²) in [6, 6.07) is 93.7. The van der Waals surface area contributed by atoms with Crippen LogP contribution in [0.5, 0.6) is 0 Å². The normalized spacial score (nSPS) is 12.1. The Morgan fingerprint density at radius 3 is 0.973 bits per heavy atom. The van der Waals surface area contributed by atoms with Gasteiger partial charge in [0, 0.05) is 21.5 Å². The second kappa shape index (κ2) is 15.9. The summed E-state index contributed by atoms with van der Waals surface area (Å²) in [5.74, 6) is 0. The summed E-state index contributed by atoms with van der Waals surface area (Å²) >= 11 is 0. The average Bonchev–Trinajstić information content (AvgIpc) is 4.08. The van der Waals surface area contributed by atoms with Crippen molar-refractivity contribution in [2.45, 2.75) is 0 Å². The molecule has 0 bridgehead atoms. The lowest BCUT2D eigenvalue weighted by atomic mass is 9.82. The third-order valence-electron chi connectivity index (χ3n) is 15.8. The summed E-state index contributed by atoms with van der Waals surface area (Å²) < 4.78 is 13.2. The molecule has 16 aromatic rings. The number of benzene rings is 14. The van der Waals surface area contributed by atoms with Crippen molar-refractivity contribution in [3.05, 3.63) is 255 Å². The first-order chi connectivity index (χ1) is 36.7. The monoisotopic (exact) mass is 938 g/mol. The highest BCUT2D eigenvalue weighted by atomic mass is 16.4. The average molecular weight is 939 g/mol. The van der Waals surface area contributed by atoms with Crippen molar-refractivity contribution in [1.82, 2.24) is 0 Å². The van der Waals surface area contributed by atoms with Crippen LogP contribution in [-0.4, -0.2) is 0 Å². The quantitative estimate of drug-likeness (QED) is 0.161. The zero-order valence-electron chi connectivity index (χ0n) is 40.1. The van der Waals surface area contributed by atoms with Gasteiger partial charge in [-0.1, -0.05) is 194 Å². The van der Waals surface area contributed by atoms with E-state index >= 15 is 0 Å². The lowest BCUT2D eigenvalue weighted by molar-refractivity contribution is 0.633. The molecule has 74 heavy (non-hydrogen) atoms. The largest absolute Gasteiger partial charge is 0.452 e. The number of rotatable bonds is 5. The van der Waals surface area contributed by atoms with Crippen molar-refractivity contribution >= 4 is 109 Å². The van der Waals surface area contributed by atoms with Crippen LogP contribution in [0.2, 0.25) is 0 Å². The van der Waals surface area contributed by atoms with Crippen molar-refractivity contribution in [3.63, 3.8) is 0 Å². The standard InChI is InChI=1S/C72H42O2/c1-3-17-45-37-48(31-29-43(45)15-1)67-54-20-5-9-24-58(54)69(59-25-10-6-21-55(59)67)51-39-50(47-33-36-66-64(42-47)63-35-34-62-53-19-13-14-28-65(53)73-71(62)72(63)74-66)40-52(41-51)70-60-26-11-7-22-56(60)68(57-23-8-12-27-61(57)70)49-32-30-44-16-2-4-18-46(44)38-49/h1-42H. The number of para-hydroxylation sites is 1. The van der Waals surface area contributed by atoms with Crippen LogP contribution in [0.3, 0.4) is 0 Å². The molecule has 0 saturated heterocycles.